The maximum Gasteiger partial charge on any atom is 0.266 e. The van der Waals surface area contributed by atoms with E-state index in [9.17, 15) is 4.79 Å². The quantitative estimate of drug-likeness (QED) is 0.842. The third-order valence-corrected chi connectivity index (χ3v) is 3.73. The van der Waals surface area contributed by atoms with Crippen LogP contribution < -0.4 is 15.6 Å². The summed E-state index contributed by atoms with van der Waals surface area (Å²) in [4.78, 5) is 12.2. The van der Waals surface area contributed by atoms with E-state index in [1.54, 1.807) is 13.2 Å². The normalized spacial score (nSPS) is 10.8. The maximum atomic E-state index is 12.2. The van der Waals surface area contributed by atoms with E-state index in [0.717, 1.165) is 15.2 Å². The van der Waals surface area contributed by atoms with Crippen LogP contribution in [0, 0.1) is 0 Å². The molecule has 4 nitrogen and oxygen atoms in total. The van der Waals surface area contributed by atoms with Gasteiger partial charge in [-0.1, -0.05) is 24.3 Å². The minimum Gasteiger partial charge on any atom is -0.496 e. The average molecular weight is 337 g/mol. The summed E-state index contributed by atoms with van der Waals surface area (Å²) in [5.74, 6) is 0.480. The second-order valence-corrected chi connectivity index (χ2v) is 5.53. The van der Waals surface area contributed by atoms with E-state index in [-0.39, 0.29) is 11.9 Å². The van der Waals surface area contributed by atoms with E-state index >= 15 is 0 Å². The minimum atomic E-state index is -0.199. The van der Waals surface area contributed by atoms with E-state index in [0.29, 0.717) is 11.3 Å². The summed E-state index contributed by atoms with van der Waals surface area (Å²) in [6.07, 6.45) is 0. The second kappa shape index (κ2) is 6.24. The monoisotopic (exact) mass is 336 g/mol. The van der Waals surface area contributed by atoms with Crippen molar-refractivity contribution in [2.24, 2.45) is 0 Å². The first-order valence-corrected chi connectivity index (χ1v) is 7.15. The second-order valence-electron chi connectivity index (χ2n) is 4.74. The summed E-state index contributed by atoms with van der Waals surface area (Å²) in [7, 11) is 1.60. The molecule has 2 rings (SSSR count). The molecule has 0 bridgehead atoms. The largest absolute Gasteiger partial charge is 0.496 e. The summed E-state index contributed by atoms with van der Waals surface area (Å²) in [6.45, 7) is 3.91. The Hall–Kier alpha value is -1.59. The molecule has 0 fully saturated rings. The van der Waals surface area contributed by atoms with Crippen molar-refractivity contribution < 1.29 is 9.53 Å². The molecule has 2 N–H and O–H groups in total. The lowest BCUT2D eigenvalue weighted by atomic mass is 10.1. The molecular formula is C15H17BrN2O2. The number of ether oxygens (including phenoxy) is 1. The number of nitrogens with one attached hydrogen (secondary N) is 2. The van der Waals surface area contributed by atoms with Crippen LogP contribution in [0.1, 0.15) is 24.2 Å². The molecule has 0 radical (unpaired) electrons. The number of hydrazine groups is 1. The van der Waals surface area contributed by atoms with Crippen molar-refractivity contribution in [3.8, 4) is 5.75 Å². The van der Waals surface area contributed by atoms with Crippen molar-refractivity contribution in [3.05, 3.63) is 40.4 Å². The highest BCUT2D eigenvalue weighted by Gasteiger charge is 2.16. The van der Waals surface area contributed by atoms with Gasteiger partial charge in [-0.3, -0.25) is 10.2 Å². The highest BCUT2D eigenvalue weighted by atomic mass is 79.9. The van der Waals surface area contributed by atoms with Crippen molar-refractivity contribution in [1.82, 2.24) is 10.9 Å². The highest BCUT2D eigenvalue weighted by Crippen LogP contribution is 2.34. The molecule has 2 aromatic carbocycles. The number of carbonyl (C=O) groups excluding carboxylic acids is 1. The van der Waals surface area contributed by atoms with Gasteiger partial charge < -0.3 is 4.74 Å². The number of hydrogen-bond acceptors (Lipinski definition) is 3. The first-order valence-electron chi connectivity index (χ1n) is 6.35. The Morgan fingerprint density at radius 3 is 2.50 bits per heavy atom. The molecule has 106 valence electrons. The van der Waals surface area contributed by atoms with Crippen LogP contribution in [0.2, 0.25) is 0 Å². The summed E-state index contributed by atoms with van der Waals surface area (Å²) >= 11 is 3.51. The molecule has 5 heteroatoms. The summed E-state index contributed by atoms with van der Waals surface area (Å²) < 4.78 is 6.14. The van der Waals surface area contributed by atoms with Gasteiger partial charge in [0.1, 0.15) is 5.75 Å². The number of fused-ring (bicyclic) bond motifs is 1. The number of carbonyl (C=O) groups is 1. The lowest BCUT2D eigenvalue weighted by molar-refractivity contribution is 0.0926. The Morgan fingerprint density at radius 1 is 1.25 bits per heavy atom. The topological polar surface area (TPSA) is 50.4 Å². The molecule has 0 spiro atoms. The van der Waals surface area contributed by atoms with Gasteiger partial charge in [-0.25, -0.2) is 5.43 Å². The molecule has 0 aliphatic heterocycles. The molecule has 2 aromatic rings. The zero-order valence-corrected chi connectivity index (χ0v) is 13.2. The van der Waals surface area contributed by atoms with E-state index in [4.69, 9.17) is 4.74 Å². The highest BCUT2D eigenvalue weighted by molar-refractivity contribution is 9.10. The lowest BCUT2D eigenvalue weighted by Gasteiger charge is -2.14. The van der Waals surface area contributed by atoms with Crippen molar-refractivity contribution in [1.29, 1.82) is 0 Å². The Kier molecular flexibility index (Phi) is 4.62. The van der Waals surface area contributed by atoms with Gasteiger partial charge >= 0.3 is 0 Å². The molecule has 0 heterocycles. The Morgan fingerprint density at radius 2 is 1.90 bits per heavy atom. The van der Waals surface area contributed by atoms with Crippen LogP contribution in [-0.4, -0.2) is 19.1 Å². The summed E-state index contributed by atoms with van der Waals surface area (Å²) in [6, 6.07) is 9.70. The van der Waals surface area contributed by atoms with Crippen molar-refractivity contribution >= 4 is 32.6 Å². The van der Waals surface area contributed by atoms with Crippen LogP contribution in [-0.2, 0) is 0 Å². The van der Waals surface area contributed by atoms with Gasteiger partial charge in [0, 0.05) is 21.3 Å². The number of amides is 1. The van der Waals surface area contributed by atoms with Crippen molar-refractivity contribution in [3.63, 3.8) is 0 Å². The molecule has 20 heavy (non-hydrogen) atoms. The predicted octanol–water partition coefficient (Wildman–Crippen LogP) is 3.25. The van der Waals surface area contributed by atoms with Gasteiger partial charge in [0.05, 0.1) is 12.7 Å². The van der Waals surface area contributed by atoms with Gasteiger partial charge in [-0.05, 0) is 35.8 Å². The molecule has 0 aliphatic carbocycles. The molecule has 0 aliphatic rings. The predicted molar refractivity (Wildman–Crippen MR) is 83.9 cm³/mol. The van der Waals surface area contributed by atoms with E-state index in [1.165, 1.54) is 0 Å². The van der Waals surface area contributed by atoms with Crippen LogP contribution >= 0.6 is 15.9 Å². The molecule has 0 saturated heterocycles. The Balaban J connectivity index is 2.48. The van der Waals surface area contributed by atoms with E-state index in [2.05, 4.69) is 26.8 Å². The molecule has 1 amide bonds. The molecular weight excluding hydrogens is 320 g/mol. The minimum absolute atomic E-state index is 0.167. The van der Waals surface area contributed by atoms with Crippen LogP contribution in [0.15, 0.2) is 34.8 Å². The number of benzene rings is 2. The molecule has 0 aromatic heterocycles. The van der Waals surface area contributed by atoms with Gasteiger partial charge in [0.2, 0.25) is 0 Å². The molecule has 0 saturated carbocycles. The number of rotatable bonds is 4. The van der Waals surface area contributed by atoms with Crippen molar-refractivity contribution in [2.45, 2.75) is 19.9 Å². The van der Waals surface area contributed by atoms with Crippen LogP contribution in [0.4, 0.5) is 0 Å². The van der Waals surface area contributed by atoms with Crippen molar-refractivity contribution in [2.75, 3.05) is 7.11 Å². The molecule has 0 atom stereocenters. The number of halogens is 1. The standard InChI is InChI=1S/C15H17BrN2O2/c1-9(2)17-18-15(19)12-8-13(20-3)10-6-4-5-7-11(10)14(12)16/h4-9,17H,1-3H3,(H,18,19). The zero-order chi connectivity index (χ0) is 14.7. The van der Waals surface area contributed by atoms with E-state index < -0.39 is 0 Å². The fraction of sp³-hybridized carbons (Fsp3) is 0.267. The van der Waals surface area contributed by atoms with Gasteiger partial charge in [0.15, 0.2) is 0 Å². The van der Waals surface area contributed by atoms with Gasteiger partial charge in [-0.2, -0.15) is 0 Å². The van der Waals surface area contributed by atoms with Crippen LogP contribution in [0.25, 0.3) is 10.8 Å². The Labute approximate surface area is 126 Å². The lowest BCUT2D eigenvalue weighted by Crippen LogP contribution is -2.41. The Bertz CT molecular complexity index is 641. The maximum absolute atomic E-state index is 12.2. The first-order chi connectivity index (χ1) is 9.54. The summed E-state index contributed by atoms with van der Waals surface area (Å²) in [5.41, 5.74) is 6.11. The number of hydrogen-bond donors (Lipinski definition) is 2. The SMILES string of the molecule is COc1cc(C(=O)NNC(C)C)c(Br)c2ccccc12. The fourth-order valence-electron chi connectivity index (χ4n) is 1.92. The van der Waals surface area contributed by atoms with Gasteiger partial charge in [0.25, 0.3) is 5.91 Å². The smallest absolute Gasteiger partial charge is 0.266 e. The van der Waals surface area contributed by atoms with E-state index in [1.807, 2.05) is 38.1 Å². The average Bonchev–Trinajstić information content (AvgIpc) is 2.45. The van der Waals surface area contributed by atoms with Crippen LogP contribution in [0.3, 0.4) is 0 Å². The third kappa shape index (κ3) is 2.94. The van der Waals surface area contributed by atoms with Gasteiger partial charge in [-0.15, -0.1) is 0 Å². The first kappa shape index (κ1) is 14.8. The fourth-order valence-corrected chi connectivity index (χ4v) is 2.56. The zero-order valence-electron chi connectivity index (χ0n) is 11.7. The third-order valence-electron chi connectivity index (χ3n) is 2.88. The summed E-state index contributed by atoms with van der Waals surface area (Å²) in [5, 5.41) is 1.91. The van der Waals surface area contributed by atoms with Crippen LogP contribution in [0.5, 0.6) is 5.75 Å². The molecule has 0 unspecified atom stereocenters. The number of methoxy groups -OCH3 is 1.